The van der Waals surface area contributed by atoms with Crippen LogP contribution in [0, 0.1) is 23.6 Å². The Morgan fingerprint density at radius 2 is 2.04 bits per heavy atom. The summed E-state index contributed by atoms with van der Waals surface area (Å²) in [5, 5.41) is 13.9. The van der Waals surface area contributed by atoms with Crippen molar-refractivity contribution in [1.29, 1.82) is 0 Å². The Morgan fingerprint density at radius 3 is 2.76 bits per heavy atom. The lowest BCUT2D eigenvalue weighted by atomic mass is 9.52. The molecule has 0 spiro atoms. The highest BCUT2D eigenvalue weighted by molar-refractivity contribution is 5.94. The van der Waals surface area contributed by atoms with E-state index in [0.717, 1.165) is 32.1 Å². The molecule has 4 saturated carbocycles. The summed E-state index contributed by atoms with van der Waals surface area (Å²) in [6.45, 7) is 0.822. The van der Waals surface area contributed by atoms with E-state index in [4.69, 9.17) is 4.74 Å². The lowest BCUT2D eigenvalue weighted by Crippen LogP contribution is -2.63. The molecule has 4 aliphatic carbocycles. The minimum atomic E-state index is -0.499. The number of urea groups is 1. The molecule has 2 amide bonds. The van der Waals surface area contributed by atoms with E-state index in [1.54, 1.807) is 11.0 Å². The van der Waals surface area contributed by atoms with Gasteiger partial charge in [0.25, 0.3) is 0 Å². The molecule has 1 aromatic rings. The Balaban J connectivity index is 1.35. The second kappa shape index (κ2) is 5.34. The molecule has 1 heterocycles. The van der Waals surface area contributed by atoms with Crippen LogP contribution in [0.25, 0.3) is 0 Å². The van der Waals surface area contributed by atoms with Crippen LogP contribution in [0.1, 0.15) is 32.1 Å². The topological polar surface area (TPSA) is 61.8 Å². The number of carbonyl (C=O) groups excluding carboxylic acids is 1. The van der Waals surface area contributed by atoms with Crippen LogP contribution in [0.2, 0.25) is 0 Å². The Labute approximate surface area is 146 Å². The Kier molecular flexibility index (Phi) is 3.29. The van der Waals surface area contributed by atoms with Gasteiger partial charge < -0.3 is 15.2 Å². The van der Waals surface area contributed by atoms with Crippen LogP contribution in [-0.2, 0) is 0 Å². The van der Waals surface area contributed by atoms with Crippen molar-refractivity contribution in [3.05, 3.63) is 24.0 Å². The van der Waals surface area contributed by atoms with Gasteiger partial charge in [-0.3, -0.25) is 4.90 Å². The molecular formula is C19H23FN2O3. The fourth-order valence-corrected chi connectivity index (χ4v) is 5.84. The standard InChI is InChI=1S/C19H23FN2O3/c20-14-1-2-15-16(7-14)25-4-3-22(15)18(23)21-17-12-5-11-6-13(17)10-19(24,8-11)9-12/h1-2,7,11-13,17,24H,3-6,8-10H2,(H,21,23). The van der Waals surface area contributed by atoms with Gasteiger partial charge in [0.2, 0.25) is 0 Å². The molecular weight excluding hydrogens is 323 g/mol. The molecule has 5 nitrogen and oxygen atoms in total. The summed E-state index contributed by atoms with van der Waals surface area (Å²) in [6.07, 6.45) is 4.75. The molecule has 5 aliphatic rings. The lowest BCUT2D eigenvalue weighted by Gasteiger charge is -2.58. The van der Waals surface area contributed by atoms with E-state index in [1.165, 1.54) is 12.1 Å². The van der Waals surface area contributed by atoms with Crippen molar-refractivity contribution >= 4 is 11.7 Å². The van der Waals surface area contributed by atoms with Crippen LogP contribution in [0.15, 0.2) is 18.2 Å². The molecule has 0 radical (unpaired) electrons. The fourth-order valence-electron chi connectivity index (χ4n) is 5.84. The van der Waals surface area contributed by atoms with Gasteiger partial charge >= 0.3 is 6.03 Å². The van der Waals surface area contributed by atoms with Gasteiger partial charge in [0.05, 0.1) is 17.8 Å². The maximum absolute atomic E-state index is 13.4. The number of nitrogens with zero attached hydrogens (tertiary/aromatic N) is 1. The van der Waals surface area contributed by atoms with Gasteiger partial charge in [-0.25, -0.2) is 9.18 Å². The number of nitrogens with one attached hydrogen (secondary N) is 1. The van der Waals surface area contributed by atoms with Gasteiger partial charge in [0, 0.05) is 12.1 Å². The predicted molar refractivity (Wildman–Crippen MR) is 90.1 cm³/mol. The number of halogens is 1. The highest BCUT2D eigenvalue weighted by atomic mass is 19.1. The van der Waals surface area contributed by atoms with Gasteiger partial charge in [-0.05, 0) is 62.0 Å². The zero-order valence-electron chi connectivity index (χ0n) is 14.1. The average molecular weight is 346 g/mol. The summed E-state index contributed by atoms with van der Waals surface area (Å²) >= 11 is 0. The first-order valence-electron chi connectivity index (χ1n) is 9.23. The fraction of sp³-hybridized carbons (Fsp3) is 0.632. The number of rotatable bonds is 1. The van der Waals surface area contributed by atoms with Crippen LogP contribution in [0.4, 0.5) is 14.9 Å². The zero-order chi connectivity index (χ0) is 17.2. The van der Waals surface area contributed by atoms with E-state index in [9.17, 15) is 14.3 Å². The van der Waals surface area contributed by atoms with Crippen LogP contribution in [-0.4, -0.2) is 35.9 Å². The highest BCUT2D eigenvalue weighted by Gasteiger charge is 2.55. The maximum atomic E-state index is 13.4. The quantitative estimate of drug-likeness (QED) is 0.822. The number of carbonyl (C=O) groups is 1. The summed E-state index contributed by atoms with van der Waals surface area (Å²) < 4.78 is 18.9. The monoisotopic (exact) mass is 346 g/mol. The molecule has 4 bridgehead atoms. The largest absolute Gasteiger partial charge is 0.489 e. The molecule has 0 saturated heterocycles. The molecule has 4 fully saturated rings. The highest BCUT2D eigenvalue weighted by Crippen LogP contribution is 2.55. The first-order chi connectivity index (χ1) is 12.0. The smallest absolute Gasteiger partial charge is 0.322 e. The minimum absolute atomic E-state index is 0.135. The van der Waals surface area contributed by atoms with Crippen molar-refractivity contribution in [2.24, 2.45) is 17.8 Å². The Bertz CT molecular complexity index is 709. The van der Waals surface area contributed by atoms with E-state index < -0.39 is 5.60 Å². The van der Waals surface area contributed by atoms with Gasteiger partial charge in [0.1, 0.15) is 18.2 Å². The number of hydrogen-bond donors (Lipinski definition) is 2. The third kappa shape index (κ3) is 2.49. The average Bonchev–Trinajstić information content (AvgIpc) is 2.55. The lowest BCUT2D eigenvalue weighted by molar-refractivity contribution is -0.136. The predicted octanol–water partition coefficient (Wildman–Crippen LogP) is 2.67. The molecule has 1 aromatic carbocycles. The molecule has 2 atom stereocenters. The molecule has 6 heteroatoms. The van der Waals surface area contributed by atoms with E-state index in [0.29, 0.717) is 42.3 Å². The van der Waals surface area contributed by atoms with Crippen LogP contribution >= 0.6 is 0 Å². The molecule has 1 aliphatic heterocycles. The van der Waals surface area contributed by atoms with Gasteiger partial charge in [-0.2, -0.15) is 0 Å². The zero-order valence-corrected chi connectivity index (χ0v) is 14.1. The Morgan fingerprint density at radius 1 is 1.28 bits per heavy atom. The summed E-state index contributed by atoms with van der Waals surface area (Å²) in [6, 6.07) is 4.28. The summed E-state index contributed by atoms with van der Waals surface area (Å²) in [4.78, 5) is 14.6. The van der Waals surface area contributed by atoms with E-state index in [-0.39, 0.29) is 17.9 Å². The number of amides is 2. The summed E-state index contributed by atoms with van der Waals surface area (Å²) in [5.74, 6) is 1.40. The van der Waals surface area contributed by atoms with Crippen molar-refractivity contribution in [2.45, 2.75) is 43.7 Å². The third-order valence-corrected chi connectivity index (χ3v) is 6.56. The molecule has 2 N–H and O–H groups in total. The number of ether oxygens (including phenoxy) is 1. The second-order valence-electron chi connectivity index (χ2n) is 8.28. The van der Waals surface area contributed by atoms with E-state index in [2.05, 4.69) is 5.32 Å². The van der Waals surface area contributed by atoms with Crippen LogP contribution in [0.5, 0.6) is 5.75 Å². The Hall–Kier alpha value is -1.82. The molecule has 25 heavy (non-hydrogen) atoms. The molecule has 134 valence electrons. The van der Waals surface area contributed by atoms with E-state index in [1.807, 2.05) is 0 Å². The van der Waals surface area contributed by atoms with Gasteiger partial charge in [0.15, 0.2) is 0 Å². The number of fused-ring (bicyclic) bond motifs is 1. The summed E-state index contributed by atoms with van der Waals surface area (Å²) in [7, 11) is 0. The van der Waals surface area contributed by atoms with Crippen molar-refractivity contribution in [1.82, 2.24) is 5.32 Å². The SMILES string of the molecule is O=C(NC1C2CC3CC1CC(O)(C3)C2)N1CCOc2cc(F)ccc21. The minimum Gasteiger partial charge on any atom is -0.489 e. The molecule has 0 aromatic heterocycles. The van der Waals surface area contributed by atoms with Gasteiger partial charge in [-0.15, -0.1) is 0 Å². The van der Waals surface area contributed by atoms with Crippen molar-refractivity contribution in [3.8, 4) is 5.75 Å². The van der Waals surface area contributed by atoms with E-state index >= 15 is 0 Å². The first kappa shape index (κ1) is 15.4. The van der Waals surface area contributed by atoms with Crippen LogP contribution < -0.4 is 15.0 Å². The second-order valence-corrected chi connectivity index (χ2v) is 8.28. The van der Waals surface area contributed by atoms with Crippen molar-refractivity contribution < 1.29 is 19.0 Å². The van der Waals surface area contributed by atoms with Crippen molar-refractivity contribution in [2.75, 3.05) is 18.1 Å². The van der Waals surface area contributed by atoms with Gasteiger partial charge in [-0.1, -0.05) is 0 Å². The number of aliphatic hydroxyl groups is 1. The van der Waals surface area contributed by atoms with Crippen LogP contribution in [0.3, 0.4) is 0 Å². The normalized spacial score (nSPS) is 38.2. The number of anilines is 1. The number of hydrogen-bond acceptors (Lipinski definition) is 3. The van der Waals surface area contributed by atoms with Crippen molar-refractivity contribution in [3.63, 3.8) is 0 Å². The number of benzene rings is 1. The third-order valence-electron chi connectivity index (χ3n) is 6.56. The maximum Gasteiger partial charge on any atom is 0.322 e. The summed E-state index contributed by atoms with van der Waals surface area (Å²) in [5.41, 5.74) is 0.119. The molecule has 6 rings (SSSR count). The molecule has 2 unspecified atom stereocenters. The first-order valence-corrected chi connectivity index (χ1v) is 9.23.